The highest BCUT2D eigenvalue weighted by Gasteiger charge is 2.26. The second-order valence-electron chi connectivity index (χ2n) is 5.64. The van der Waals surface area contributed by atoms with Crippen LogP contribution in [0.1, 0.15) is 77.5 Å². The largest absolute Gasteiger partial charge is 0.367 e. The zero-order valence-electron chi connectivity index (χ0n) is 12.2. The van der Waals surface area contributed by atoms with Crippen molar-refractivity contribution in [1.29, 1.82) is 0 Å². The SMILES string of the molecule is CCCC(C)c1cc2n(n1)C(CC)CC(CC)N2. The maximum atomic E-state index is 4.84. The fourth-order valence-electron chi connectivity index (χ4n) is 2.93. The molecule has 3 unspecified atom stereocenters. The zero-order chi connectivity index (χ0) is 13.1. The molecule has 1 aromatic rings. The molecule has 0 fully saturated rings. The minimum absolute atomic E-state index is 0.576. The van der Waals surface area contributed by atoms with Gasteiger partial charge >= 0.3 is 0 Å². The van der Waals surface area contributed by atoms with Gasteiger partial charge in [-0.05, 0) is 25.7 Å². The van der Waals surface area contributed by atoms with Crippen LogP contribution in [0.4, 0.5) is 5.82 Å². The average molecular weight is 249 g/mol. The van der Waals surface area contributed by atoms with Crippen LogP contribution in [0.2, 0.25) is 0 Å². The van der Waals surface area contributed by atoms with Crippen molar-refractivity contribution >= 4 is 5.82 Å². The van der Waals surface area contributed by atoms with Gasteiger partial charge in [0.25, 0.3) is 0 Å². The van der Waals surface area contributed by atoms with Crippen LogP contribution in [0.3, 0.4) is 0 Å². The third-order valence-electron chi connectivity index (χ3n) is 4.20. The van der Waals surface area contributed by atoms with E-state index >= 15 is 0 Å². The van der Waals surface area contributed by atoms with Crippen LogP contribution >= 0.6 is 0 Å². The van der Waals surface area contributed by atoms with Crippen LogP contribution in [-0.2, 0) is 0 Å². The minimum atomic E-state index is 0.576. The van der Waals surface area contributed by atoms with Crippen molar-refractivity contribution in [3.8, 4) is 0 Å². The predicted molar refractivity (Wildman–Crippen MR) is 77.2 cm³/mol. The van der Waals surface area contributed by atoms with Crippen molar-refractivity contribution < 1.29 is 0 Å². The summed E-state index contributed by atoms with van der Waals surface area (Å²) in [5, 5.41) is 8.47. The highest BCUT2D eigenvalue weighted by molar-refractivity contribution is 5.41. The van der Waals surface area contributed by atoms with E-state index in [1.54, 1.807) is 0 Å². The molecule has 0 aromatic carbocycles. The van der Waals surface area contributed by atoms with E-state index in [1.807, 2.05) is 0 Å². The molecule has 1 aromatic heterocycles. The van der Waals surface area contributed by atoms with Gasteiger partial charge in [0.15, 0.2) is 0 Å². The molecule has 0 saturated carbocycles. The Hall–Kier alpha value is -0.990. The Morgan fingerprint density at radius 2 is 2.17 bits per heavy atom. The van der Waals surface area contributed by atoms with Crippen molar-refractivity contribution in [3.63, 3.8) is 0 Å². The van der Waals surface area contributed by atoms with Crippen molar-refractivity contribution in [2.75, 3.05) is 5.32 Å². The molecule has 2 heterocycles. The average Bonchev–Trinajstić information content (AvgIpc) is 2.81. The number of fused-ring (bicyclic) bond motifs is 1. The molecule has 1 aliphatic rings. The van der Waals surface area contributed by atoms with Crippen molar-refractivity contribution in [2.45, 2.75) is 77.8 Å². The van der Waals surface area contributed by atoms with Gasteiger partial charge in [-0.2, -0.15) is 5.10 Å². The van der Waals surface area contributed by atoms with Crippen molar-refractivity contribution in [3.05, 3.63) is 11.8 Å². The van der Waals surface area contributed by atoms with E-state index in [0.29, 0.717) is 18.0 Å². The molecule has 1 aliphatic heterocycles. The summed E-state index contributed by atoms with van der Waals surface area (Å²) in [4.78, 5) is 0. The quantitative estimate of drug-likeness (QED) is 0.841. The summed E-state index contributed by atoms with van der Waals surface area (Å²) in [6, 6.07) is 3.47. The summed E-state index contributed by atoms with van der Waals surface area (Å²) < 4.78 is 2.23. The standard InChI is InChI=1S/C15H27N3/c1-5-8-11(4)14-10-15-16-12(6-2)9-13(7-3)18(15)17-14/h10-13,16H,5-9H2,1-4H3. The molecule has 102 valence electrons. The smallest absolute Gasteiger partial charge is 0.125 e. The molecule has 3 nitrogen and oxygen atoms in total. The molecular formula is C15H27N3. The number of nitrogens with zero attached hydrogens (tertiary/aromatic N) is 2. The summed E-state index contributed by atoms with van der Waals surface area (Å²) in [6.45, 7) is 9.06. The van der Waals surface area contributed by atoms with Gasteiger partial charge in [0.05, 0.1) is 11.7 Å². The van der Waals surface area contributed by atoms with Gasteiger partial charge in [0.1, 0.15) is 5.82 Å². The lowest BCUT2D eigenvalue weighted by Gasteiger charge is -2.31. The Labute approximate surface area is 111 Å². The molecule has 2 rings (SSSR count). The summed E-state index contributed by atoms with van der Waals surface area (Å²) >= 11 is 0. The minimum Gasteiger partial charge on any atom is -0.367 e. The lowest BCUT2D eigenvalue weighted by atomic mass is 10.0. The second-order valence-corrected chi connectivity index (χ2v) is 5.64. The van der Waals surface area contributed by atoms with Crippen molar-refractivity contribution in [2.24, 2.45) is 0 Å². The molecule has 0 radical (unpaired) electrons. The van der Waals surface area contributed by atoms with E-state index in [9.17, 15) is 0 Å². The molecule has 18 heavy (non-hydrogen) atoms. The summed E-state index contributed by atoms with van der Waals surface area (Å²) in [5.41, 5.74) is 1.26. The highest BCUT2D eigenvalue weighted by Crippen LogP contribution is 2.33. The summed E-state index contributed by atoms with van der Waals surface area (Å²) in [5.74, 6) is 1.81. The third-order valence-corrected chi connectivity index (χ3v) is 4.20. The first-order valence-electron chi connectivity index (χ1n) is 7.55. The number of nitrogens with one attached hydrogen (secondary N) is 1. The first-order valence-corrected chi connectivity index (χ1v) is 7.55. The van der Waals surface area contributed by atoms with Crippen molar-refractivity contribution in [1.82, 2.24) is 9.78 Å². The predicted octanol–water partition coefficient (Wildman–Crippen LogP) is 4.33. The monoisotopic (exact) mass is 249 g/mol. The van der Waals surface area contributed by atoms with E-state index in [0.717, 1.165) is 0 Å². The molecule has 0 amide bonds. The fourth-order valence-corrected chi connectivity index (χ4v) is 2.93. The second kappa shape index (κ2) is 5.77. The van der Waals surface area contributed by atoms with Crippen LogP contribution in [0.25, 0.3) is 0 Å². The van der Waals surface area contributed by atoms with Gasteiger partial charge in [-0.3, -0.25) is 0 Å². The first kappa shape index (κ1) is 13.4. The van der Waals surface area contributed by atoms with E-state index in [2.05, 4.69) is 43.8 Å². The lowest BCUT2D eigenvalue weighted by molar-refractivity contribution is 0.359. The van der Waals surface area contributed by atoms with Gasteiger partial charge < -0.3 is 5.32 Å². The van der Waals surface area contributed by atoms with Gasteiger partial charge in [-0.15, -0.1) is 0 Å². The summed E-state index contributed by atoms with van der Waals surface area (Å²) in [6.07, 6.45) is 6.04. The maximum absolute atomic E-state index is 4.84. The number of anilines is 1. The highest BCUT2D eigenvalue weighted by atomic mass is 15.4. The Kier molecular flexibility index (Phi) is 4.31. The van der Waals surface area contributed by atoms with Crippen LogP contribution in [0.5, 0.6) is 0 Å². The molecule has 0 bridgehead atoms. The number of rotatable bonds is 5. The molecule has 0 aliphatic carbocycles. The van der Waals surface area contributed by atoms with E-state index in [1.165, 1.54) is 43.6 Å². The number of hydrogen-bond acceptors (Lipinski definition) is 2. The molecule has 3 atom stereocenters. The zero-order valence-corrected chi connectivity index (χ0v) is 12.2. The van der Waals surface area contributed by atoms with Gasteiger partial charge in [0.2, 0.25) is 0 Å². The van der Waals surface area contributed by atoms with E-state index in [-0.39, 0.29) is 0 Å². The normalized spacial score (nSPS) is 24.4. The van der Waals surface area contributed by atoms with E-state index < -0.39 is 0 Å². The number of aromatic nitrogens is 2. The van der Waals surface area contributed by atoms with Crippen LogP contribution in [0, 0.1) is 0 Å². The molecule has 3 heteroatoms. The maximum Gasteiger partial charge on any atom is 0.125 e. The number of hydrogen-bond donors (Lipinski definition) is 1. The first-order chi connectivity index (χ1) is 8.69. The Balaban J connectivity index is 2.23. The van der Waals surface area contributed by atoms with Gasteiger partial charge in [-0.1, -0.05) is 34.1 Å². The van der Waals surface area contributed by atoms with Crippen LogP contribution in [-0.4, -0.2) is 15.8 Å². The fraction of sp³-hybridized carbons (Fsp3) is 0.800. The Bertz CT molecular complexity index is 383. The van der Waals surface area contributed by atoms with Crippen LogP contribution in [0.15, 0.2) is 6.07 Å². The molecular weight excluding hydrogens is 222 g/mol. The topological polar surface area (TPSA) is 29.9 Å². The third kappa shape index (κ3) is 2.55. The Morgan fingerprint density at radius 1 is 1.39 bits per heavy atom. The Morgan fingerprint density at radius 3 is 2.78 bits per heavy atom. The summed E-state index contributed by atoms with van der Waals surface area (Å²) in [7, 11) is 0. The van der Waals surface area contributed by atoms with Gasteiger partial charge in [-0.25, -0.2) is 4.68 Å². The van der Waals surface area contributed by atoms with E-state index in [4.69, 9.17) is 5.10 Å². The molecule has 0 spiro atoms. The van der Waals surface area contributed by atoms with Gasteiger partial charge in [0, 0.05) is 18.0 Å². The molecule has 1 N–H and O–H groups in total. The van der Waals surface area contributed by atoms with Crippen LogP contribution < -0.4 is 5.32 Å². The molecule has 0 saturated heterocycles. The lowest BCUT2D eigenvalue weighted by Crippen LogP contribution is -2.31.